The molecule has 124 valence electrons. The van der Waals surface area contributed by atoms with Crippen molar-refractivity contribution in [3.63, 3.8) is 0 Å². The predicted molar refractivity (Wildman–Crippen MR) is 89.9 cm³/mol. The second-order valence-corrected chi connectivity index (χ2v) is 6.78. The minimum Gasteiger partial charge on any atom is -0.339 e. The Bertz CT molecular complexity index is 609. The number of hydrogen-bond acceptors (Lipinski definition) is 3. The Balaban J connectivity index is 1.60. The standard InChI is InChI=1S/C16H19Cl2N3O2/c17-12-1-2-13(14(18)9-12)16(23)21-7-5-20(6-8-21)15(22)11-3-4-19-10-11/h1-2,9,11,19H,3-8,10H2. The highest BCUT2D eigenvalue weighted by molar-refractivity contribution is 6.36. The number of rotatable bonds is 2. The first-order valence-corrected chi connectivity index (χ1v) is 8.55. The Morgan fingerprint density at radius 1 is 1.09 bits per heavy atom. The van der Waals surface area contributed by atoms with E-state index in [0.717, 1.165) is 19.5 Å². The van der Waals surface area contributed by atoms with Gasteiger partial charge in [0.25, 0.3) is 5.91 Å². The predicted octanol–water partition coefficient (Wildman–Crippen LogP) is 1.89. The molecule has 23 heavy (non-hydrogen) atoms. The van der Waals surface area contributed by atoms with Crippen LogP contribution in [0.1, 0.15) is 16.8 Å². The van der Waals surface area contributed by atoms with Gasteiger partial charge in [-0.3, -0.25) is 9.59 Å². The van der Waals surface area contributed by atoms with E-state index in [9.17, 15) is 9.59 Å². The molecule has 0 bridgehead atoms. The van der Waals surface area contributed by atoms with Crippen LogP contribution in [0.5, 0.6) is 0 Å². The molecule has 7 heteroatoms. The minimum atomic E-state index is -0.110. The van der Waals surface area contributed by atoms with Gasteiger partial charge in [0, 0.05) is 37.7 Å². The summed E-state index contributed by atoms with van der Waals surface area (Å²) in [5.41, 5.74) is 0.454. The molecule has 1 unspecified atom stereocenters. The van der Waals surface area contributed by atoms with Crippen LogP contribution in [-0.4, -0.2) is 60.9 Å². The van der Waals surface area contributed by atoms with E-state index in [4.69, 9.17) is 23.2 Å². The number of hydrogen-bond donors (Lipinski definition) is 1. The molecule has 2 heterocycles. The van der Waals surface area contributed by atoms with Crippen molar-refractivity contribution in [2.24, 2.45) is 5.92 Å². The summed E-state index contributed by atoms with van der Waals surface area (Å²) in [4.78, 5) is 28.5. The third-order valence-electron chi connectivity index (χ3n) is 4.45. The molecule has 0 aliphatic carbocycles. The summed E-state index contributed by atoms with van der Waals surface area (Å²) in [5.74, 6) is 0.177. The lowest BCUT2D eigenvalue weighted by atomic mass is 10.1. The van der Waals surface area contributed by atoms with Gasteiger partial charge >= 0.3 is 0 Å². The molecule has 5 nitrogen and oxygen atoms in total. The second-order valence-electron chi connectivity index (χ2n) is 5.93. The molecule has 0 saturated carbocycles. The van der Waals surface area contributed by atoms with Crippen molar-refractivity contribution < 1.29 is 9.59 Å². The molecule has 1 N–H and O–H groups in total. The number of halogens is 2. The van der Waals surface area contributed by atoms with Crippen LogP contribution >= 0.6 is 23.2 Å². The van der Waals surface area contributed by atoms with Crippen LogP contribution in [-0.2, 0) is 4.79 Å². The van der Waals surface area contributed by atoms with Gasteiger partial charge in [-0.2, -0.15) is 0 Å². The average molecular weight is 356 g/mol. The fourth-order valence-corrected chi connectivity index (χ4v) is 3.58. The lowest BCUT2D eigenvalue weighted by Crippen LogP contribution is -2.52. The number of piperazine rings is 1. The molecule has 0 radical (unpaired) electrons. The molecule has 2 aliphatic rings. The number of carbonyl (C=O) groups is 2. The monoisotopic (exact) mass is 355 g/mol. The highest BCUT2D eigenvalue weighted by Gasteiger charge is 2.31. The zero-order chi connectivity index (χ0) is 16.4. The van der Waals surface area contributed by atoms with E-state index in [1.807, 2.05) is 4.90 Å². The SMILES string of the molecule is O=C(c1ccc(Cl)cc1Cl)N1CCN(C(=O)C2CCNC2)CC1. The normalized spacial score (nSPS) is 21.6. The van der Waals surface area contributed by atoms with E-state index in [0.29, 0.717) is 41.8 Å². The maximum atomic E-state index is 12.5. The van der Waals surface area contributed by atoms with E-state index in [2.05, 4.69) is 5.32 Å². The average Bonchev–Trinajstić information content (AvgIpc) is 3.08. The van der Waals surface area contributed by atoms with E-state index >= 15 is 0 Å². The van der Waals surface area contributed by atoms with Crippen molar-refractivity contribution in [3.8, 4) is 0 Å². The second kappa shape index (κ2) is 7.07. The number of benzene rings is 1. The van der Waals surface area contributed by atoms with Crippen molar-refractivity contribution in [2.45, 2.75) is 6.42 Å². The lowest BCUT2D eigenvalue weighted by Gasteiger charge is -2.36. The quantitative estimate of drug-likeness (QED) is 0.881. The highest BCUT2D eigenvalue weighted by Crippen LogP contribution is 2.23. The summed E-state index contributed by atoms with van der Waals surface area (Å²) in [7, 11) is 0. The Morgan fingerprint density at radius 2 is 1.78 bits per heavy atom. The third-order valence-corrected chi connectivity index (χ3v) is 5.00. The Labute approximate surface area is 145 Å². The van der Waals surface area contributed by atoms with Crippen molar-refractivity contribution in [1.82, 2.24) is 15.1 Å². The first kappa shape index (κ1) is 16.6. The van der Waals surface area contributed by atoms with Gasteiger partial charge in [0.15, 0.2) is 0 Å². The smallest absolute Gasteiger partial charge is 0.255 e. The molecule has 2 aliphatic heterocycles. The van der Waals surface area contributed by atoms with E-state index in [1.54, 1.807) is 23.1 Å². The van der Waals surface area contributed by atoms with E-state index < -0.39 is 0 Å². The van der Waals surface area contributed by atoms with Crippen LogP contribution < -0.4 is 5.32 Å². The van der Waals surface area contributed by atoms with Crippen LogP contribution in [0.25, 0.3) is 0 Å². The van der Waals surface area contributed by atoms with Crippen molar-refractivity contribution in [1.29, 1.82) is 0 Å². The Kier molecular flexibility index (Phi) is 5.09. The number of amides is 2. The van der Waals surface area contributed by atoms with Gasteiger partial charge in [0.05, 0.1) is 16.5 Å². The maximum Gasteiger partial charge on any atom is 0.255 e. The molecule has 1 atom stereocenters. The first-order chi connectivity index (χ1) is 11.1. The largest absolute Gasteiger partial charge is 0.339 e. The molecule has 0 aromatic heterocycles. The van der Waals surface area contributed by atoms with Gasteiger partial charge < -0.3 is 15.1 Å². The van der Waals surface area contributed by atoms with Crippen LogP contribution in [0.15, 0.2) is 18.2 Å². The highest BCUT2D eigenvalue weighted by atomic mass is 35.5. The molecule has 0 spiro atoms. The van der Waals surface area contributed by atoms with Crippen molar-refractivity contribution in [2.75, 3.05) is 39.3 Å². The Hall–Kier alpha value is -1.30. The van der Waals surface area contributed by atoms with Crippen LogP contribution in [0.3, 0.4) is 0 Å². The summed E-state index contributed by atoms with van der Waals surface area (Å²) in [5, 5.41) is 4.08. The van der Waals surface area contributed by atoms with Crippen molar-refractivity contribution in [3.05, 3.63) is 33.8 Å². The summed E-state index contributed by atoms with van der Waals surface area (Å²) in [6.45, 7) is 3.88. The number of carbonyl (C=O) groups excluding carboxylic acids is 2. The summed E-state index contributed by atoms with van der Waals surface area (Å²) in [6, 6.07) is 4.88. The van der Waals surface area contributed by atoms with Crippen LogP contribution in [0, 0.1) is 5.92 Å². The Morgan fingerprint density at radius 3 is 2.39 bits per heavy atom. The first-order valence-electron chi connectivity index (χ1n) is 7.80. The van der Waals surface area contributed by atoms with Gasteiger partial charge in [0.2, 0.25) is 5.91 Å². The summed E-state index contributed by atoms with van der Waals surface area (Å²) >= 11 is 12.0. The molecule has 3 rings (SSSR count). The molecule has 1 aromatic rings. The van der Waals surface area contributed by atoms with E-state index in [1.165, 1.54) is 0 Å². The van der Waals surface area contributed by atoms with Gasteiger partial charge in [-0.1, -0.05) is 23.2 Å². The van der Waals surface area contributed by atoms with Crippen LogP contribution in [0.2, 0.25) is 10.0 Å². The molecule has 2 fully saturated rings. The van der Waals surface area contributed by atoms with Gasteiger partial charge in [0.1, 0.15) is 0 Å². The summed E-state index contributed by atoms with van der Waals surface area (Å²) in [6.07, 6.45) is 0.901. The molecule has 2 amide bonds. The third kappa shape index (κ3) is 3.62. The number of nitrogens with zero attached hydrogens (tertiary/aromatic N) is 2. The fourth-order valence-electron chi connectivity index (χ4n) is 3.09. The summed E-state index contributed by atoms with van der Waals surface area (Å²) < 4.78 is 0. The zero-order valence-corrected chi connectivity index (χ0v) is 14.2. The minimum absolute atomic E-state index is 0.0861. The van der Waals surface area contributed by atoms with Gasteiger partial charge in [-0.25, -0.2) is 0 Å². The number of nitrogens with one attached hydrogen (secondary N) is 1. The van der Waals surface area contributed by atoms with Gasteiger partial charge in [-0.15, -0.1) is 0 Å². The molecular weight excluding hydrogens is 337 g/mol. The van der Waals surface area contributed by atoms with E-state index in [-0.39, 0.29) is 17.7 Å². The molecular formula is C16H19Cl2N3O2. The zero-order valence-electron chi connectivity index (χ0n) is 12.7. The topological polar surface area (TPSA) is 52.7 Å². The fraction of sp³-hybridized carbons (Fsp3) is 0.500. The van der Waals surface area contributed by atoms with Gasteiger partial charge in [-0.05, 0) is 31.2 Å². The molecule has 1 aromatic carbocycles. The van der Waals surface area contributed by atoms with Crippen molar-refractivity contribution >= 4 is 35.0 Å². The lowest BCUT2D eigenvalue weighted by molar-refractivity contribution is -0.136. The van der Waals surface area contributed by atoms with Crippen LogP contribution in [0.4, 0.5) is 0 Å². The maximum absolute atomic E-state index is 12.5. The molecule has 2 saturated heterocycles.